The fourth-order valence-electron chi connectivity index (χ4n) is 4.40. The molecule has 0 saturated heterocycles. The van der Waals surface area contributed by atoms with E-state index < -0.39 is 10.0 Å². The van der Waals surface area contributed by atoms with Gasteiger partial charge in [0.15, 0.2) is 0 Å². The number of hydrogen-bond acceptors (Lipinski definition) is 4. The van der Waals surface area contributed by atoms with Crippen LogP contribution in [-0.2, 0) is 10.0 Å². The van der Waals surface area contributed by atoms with E-state index >= 15 is 0 Å². The molecular weight excluding hydrogens is 412 g/mol. The Morgan fingerprint density at radius 1 is 1.10 bits per heavy atom. The summed E-state index contributed by atoms with van der Waals surface area (Å²) >= 11 is 6.29. The van der Waals surface area contributed by atoms with E-state index in [2.05, 4.69) is 10.0 Å². The van der Waals surface area contributed by atoms with Crippen molar-refractivity contribution >= 4 is 33.2 Å². The molecule has 0 aliphatic heterocycles. The lowest BCUT2D eigenvalue weighted by molar-refractivity contribution is 0.0923. The second kappa shape index (κ2) is 7.88. The quantitative estimate of drug-likeness (QED) is 0.717. The van der Waals surface area contributed by atoms with Gasteiger partial charge in [-0.1, -0.05) is 18.0 Å². The third-order valence-electron chi connectivity index (χ3n) is 5.89. The standard InChI is InChI=1S/C21H23ClN2O4S/c1-28-16-5-7-17(8-6-16)29(26,27)24-15-4-9-18(19(22)12-15)21(25)23-20-11-13-2-3-14(20)10-13/h4-9,12-14,20,24H,2-3,10-11H2,1H3,(H,23,25)/t13-,14-,20+/m1/s1. The number of methoxy groups -OCH3 is 1. The second-order valence-electron chi connectivity index (χ2n) is 7.73. The molecule has 1 amide bonds. The molecule has 0 aromatic heterocycles. The van der Waals surface area contributed by atoms with Crippen molar-refractivity contribution in [3.8, 4) is 5.75 Å². The van der Waals surface area contributed by atoms with Gasteiger partial charge < -0.3 is 10.1 Å². The Kier molecular flexibility index (Phi) is 5.44. The number of hydrogen-bond donors (Lipinski definition) is 2. The van der Waals surface area contributed by atoms with Crippen molar-refractivity contribution in [2.24, 2.45) is 11.8 Å². The van der Waals surface area contributed by atoms with Crippen LogP contribution in [0.15, 0.2) is 47.4 Å². The molecule has 4 rings (SSSR count). The number of benzene rings is 2. The molecule has 2 bridgehead atoms. The van der Waals surface area contributed by atoms with Gasteiger partial charge in [0.25, 0.3) is 15.9 Å². The predicted molar refractivity (Wildman–Crippen MR) is 112 cm³/mol. The Bertz CT molecular complexity index is 1020. The van der Waals surface area contributed by atoms with Gasteiger partial charge in [-0.2, -0.15) is 0 Å². The van der Waals surface area contributed by atoms with Crippen molar-refractivity contribution in [1.82, 2.24) is 5.32 Å². The third kappa shape index (κ3) is 4.21. The van der Waals surface area contributed by atoms with Crippen LogP contribution in [0.2, 0.25) is 5.02 Å². The zero-order chi connectivity index (χ0) is 20.6. The number of nitrogens with one attached hydrogen (secondary N) is 2. The maximum absolute atomic E-state index is 12.6. The smallest absolute Gasteiger partial charge is 0.261 e. The van der Waals surface area contributed by atoms with Gasteiger partial charge in [0.1, 0.15) is 5.75 Å². The molecule has 154 valence electrons. The summed E-state index contributed by atoms with van der Waals surface area (Å²) in [5.74, 6) is 1.66. The van der Waals surface area contributed by atoms with Gasteiger partial charge >= 0.3 is 0 Å². The highest BCUT2D eigenvalue weighted by molar-refractivity contribution is 7.92. The number of carbonyl (C=O) groups is 1. The van der Waals surface area contributed by atoms with Crippen LogP contribution in [-0.4, -0.2) is 27.5 Å². The number of halogens is 1. The highest BCUT2D eigenvalue weighted by Crippen LogP contribution is 2.44. The SMILES string of the molecule is COc1ccc(S(=O)(=O)Nc2ccc(C(=O)N[C@H]3C[C@@H]4CC[C@@H]3C4)c(Cl)c2)cc1. The number of fused-ring (bicyclic) bond motifs is 2. The van der Waals surface area contributed by atoms with E-state index in [-0.39, 0.29) is 21.9 Å². The molecule has 29 heavy (non-hydrogen) atoms. The van der Waals surface area contributed by atoms with Gasteiger partial charge in [0.05, 0.1) is 28.3 Å². The van der Waals surface area contributed by atoms with Crippen LogP contribution in [0.1, 0.15) is 36.0 Å². The fourth-order valence-corrected chi connectivity index (χ4v) is 5.72. The summed E-state index contributed by atoms with van der Waals surface area (Å²) < 4.78 is 32.7. The second-order valence-corrected chi connectivity index (χ2v) is 9.82. The average molecular weight is 435 g/mol. The largest absolute Gasteiger partial charge is 0.497 e. The highest BCUT2D eigenvalue weighted by Gasteiger charge is 2.40. The van der Waals surface area contributed by atoms with Crippen molar-refractivity contribution in [3.05, 3.63) is 53.1 Å². The lowest BCUT2D eigenvalue weighted by atomic mass is 9.95. The molecule has 2 aromatic carbocycles. The van der Waals surface area contributed by atoms with Crippen molar-refractivity contribution in [3.63, 3.8) is 0 Å². The van der Waals surface area contributed by atoms with Crippen LogP contribution in [0.4, 0.5) is 5.69 Å². The Hall–Kier alpha value is -2.25. The topological polar surface area (TPSA) is 84.5 Å². The zero-order valence-electron chi connectivity index (χ0n) is 16.0. The van der Waals surface area contributed by atoms with Crippen molar-refractivity contribution in [2.75, 3.05) is 11.8 Å². The number of amides is 1. The van der Waals surface area contributed by atoms with Crippen LogP contribution in [0.3, 0.4) is 0 Å². The zero-order valence-corrected chi connectivity index (χ0v) is 17.6. The van der Waals surface area contributed by atoms with E-state index in [1.54, 1.807) is 24.3 Å². The molecule has 0 spiro atoms. The van der Waals surface area contributed by atoms with E-state index in [1.165, 1.54) is 44.6 Å². The minimum Gasteiger partial charge on any atom is -0.497 e. The summed E-state index contributed by atoms with van der Waals surface area (Å²) in [6.07, 6.45) is 4.68. The molecule has 2 saturated carbocycles. The minimum absolute atomic E-state index is 0.104. The van der Waals surface area contributed by atoms with Gasteiger partial charge in [-0.3, -0.25) is 9.52 Å². The van der Waals surface area contributed by atoms with Gasteiger partial charge in [-0.15, -0.1) is 0 Å². The first-order valence-electron chi connectivity index (χ1n) is 9.63. The van der Waals surface area contributed by atoms with Crippen molar-refractivity contribution in [1.29, 1.82) is 0 Å². The molecule has 0 heterocycles. The lowest BCUT2D eigenvalue weighted by Crippen LogP contribution is -2.38. The maximum Gasteiger partial charge on any atom is 0.261 e. The first-order valence-corrected chi connectivity index (χ1v) is 11.5. The predicted octanol–water partition coefficient (Wildman–Crippen LogP) is 4.07. The van der Waals surface area contributed by atoms with Gasteiger partial charge in [-0.05, 0) is 73.6 Å². The summed E-state index contributed by atoms with van der Waals surface area (Å²) in [7, 11) is -2.26. The number of sulfonamides is 1. The summed E-state index contributed by atoms with van der Waals surface area (Å²) in [6.45, 7) is 0. The van der Waals surface area contributed by atoms with E-state index in [1.807, 2.05) is 0 Å². The lowest BCUT2D eigenvalue weighted by Gasteiger charge is -2.23. The van der Waals surface area contributed by atoms with Crippen molar-refractivity contribution < 1.29 is 17.9 Å². The number of rotatable bonds is 6. The van der Waals surface area contributed by atoms with Gasteiger partial charge in [0, 0.05) is 6.04 Å². The van der Waals surface area contributed by atoms with Gasteiger partial charge in [0.2, 0.25) is 0 Å². The van der Waals surface area contributed by atoms with E-state index in [9.17, 15) is 13.2 Å². The normalized spacial score (nSPS) is 23.0. The fraction of sp³-hybridized carbons (Fsp3) is 0.381. The summed E-state index contributed by atoms with van der Waals surface area (Å²) in [6, 6.07) is 10.8. The highest BCUT2D eigenvalue weighted by atomic mass is 35.5. The monoisotopic (exact) mass is 434 g/mol. The maximum atomic E-state index is 12.6. The van der Waals surface area contributed by atoms with E-state index in [0.717, 1.165) is 12.3 Å². The molecule has 0 unspecified atom stereocenters. The molecule has 2 aliphatic carbocycles. The first kappa shape index (κ1) is 20.0. The van der Waals surface area contributed by atoms with Crippen LogP contribution in [0, 0.1) is 11.8 Å². The molecule has 3 atom stereocenters. The summed E-state index contributed by atoms with van der Waals surface area (Å²) in [5.41, 5.74) is 0.643. The van der Waals surface area contributed by atoms with Crippen molar-refractivity contribution in [2.45, 2.75) is 36.6 Å². The molecule has 0 radical (unpaired) electrons. The van der Waals surface area contributed by atoms with Gasteiger partial charge in [-0.25, -0.2) is 8.42 Å². The molecule has 2 aliphatic rings. The first-order chi connectivity index (χ1) is 13.9. The van der Waals surface area contributed by atoms with Crippen LogP contribution >= 0.6 is 11.6 Å². The van der Waals surface area contributed by atoms with E-state index in [4.69, 9.17) is 16.3 Å². The number of carbonyl (C=O) groups excluding carboxylic acids is 1. The Balaban J connectivity index is 1.45. The van der Waals surface area contributed by atoms with Crippen LogP contribution in [0.25, 0.3) is 0 Å². The molecule has 6 nitrogen and oxygen atoms in total. The van der Waals surface area contributed by atoms with Crippen LogP contribution < -0.4 is 14.8 Å². The molecular formula is C21H23ClN2O4S. The average Bonchev–Trinajstić information content (AvgIpc) is 3.31. The Morgan fingerprint density at radius 2 is 1.86 bits per heavy atom. The van der Waals surface area contributed by atoms with Crippen LogP contribution in [0.5, 0.6) is 5.75 Å². The molecule has 8 heteroatoms. The minimum atomic E-state index is -3.78. The summed E-state index contributed by atoms with van der Waals surface area (Å²) in [5, 5.41) is 3.31. The van der Waals surface area contributed by atoms with E-state index in [0.29, 0.717) is 22.9 Å². The Morgan fingerprint density at radius 3 is 2.45 bits per heavy atom. The third-order valence-corrected chi connectivity index (χ3v) is 7.60. The number of anilines is 1. The molecule has 2 fully saturated rings. The Labute approximate surface area is 175 Å². The number of ether oxygens (including phenoxy) is 1. The summed E-state index contributed by atoms with van der Waals surface area (Å²) in [4.78, 5) is 12.7. The molecule has 2 N–H and O–H groups in total. The molecule has 2 aromatic rings.